The van der Waals surface area contributed by atoms with E-state index in [1.807, 2.05) is 24.3 Å². The Bertz CT molecular complexity index is 584. The highest BCUT2D eigenvalue weighted by Crippen LogP contribution is 2.21. The number of para-hydroxylation sites is 1. The molecule has 0 radical (unpaired) electrons. The summed E-state index contributed by atoms with van der Waals surface area (Å²) in [7, 11) is 1.63. The molecule has 0 amide bonds. The molecule has 1 aromatic heterocycles. The average Bonchev–Trinajstić information content (AvgIpc) is 2.41. The quantitative estimate of drug-likeness (QED) is 0.862. The molecular formula is C14H14N2O3. The van der Waals surface area contributed by atoms with E-state index in [4.69, 9.17) is 9.84 Å². The summed E-state index contributed by atoms with van der Waals surface area (Å²) >= 11 is 0. The smallest absolute Gasteiger partial charge is 0.354 e. The molecule has 1 heterocycles. The van der Waals surface area contributed by atoms with Gasteiger partial charge in [0.25, 0.3) is 0 Å². The zero-order valence-electron chi connectivity index (χ0n) is 10.5. The normalized spacial score (nSPS) is 10.2. The molecule has 5 nitrogen and oxygen atoms in total. The molecule has 2 N–H and O–H groups in total. The Balaban J connectivity index is 2.26. The minimum Gasteiger partial charge on any atom is -0.477 e. The van der Waals surface area contributed by atoms with Crippen LogP contribution in [0.15, 0.2) is 42.6 Å². The second-order valence-electron chi connectivity index (χ2n) is 3.95. The second-order valence-corrected chi connectivity index (χ2v) is 3.95. The van der Waals surface area contributed by atoms with Crippen molar-refractivity contribution in [1.82, 2.24) is 4.98 Å². The van der Waals surface area contributed by atoms with Crippen molar-refractivity contribution in [2.24, 2.45) is 0 Å². The molecule has 2 aromatic rings. The largest absolute Gasteiger partial charge is 0.477 e. The molecule has 0 aliphatic heterocycles. The molecule has 0 saturated heterocycles. The van der Waals surface area contributed by atoms with Crippen LogP contribution in [0.2, 0.25) is 0 Å². The molecule has 5 heteroatoms. The fraction of sp³-hybridized carbons (Fsp3) is 0.143. The van der Waals surface area contributed by atoms with Crippen LogP contribution in [-0.2, 0) is 11.3 Å². The zero-order chi connectivity index (χ0) is 13.7. The standard InChI is InChI=1S/C14H14N2O3/c1-19-9-10-4-2-3-5-12(10)16-11-6-7-15-13(8-11)14(17)18/h2-8H,9H2,1H3,(H,15,16)(H,17,18). The SMILES string of the molecule is COCc1ccccc1Nc1ccnc(C(=O)O)c1. The van der Waals surface area contributed by atoms with E-state index in [1.165, 1.54) is 12.3 Å². The van der Waals surface area contributed by atoms with Crippen molar-refractivity contribution in [3.63, 3.8) is 0 Å². The molecule has 0 aliphatic rings. The lowest BCUT2D eigenvalue weighted by Crippen LogP contribution is -2.02. The van der Waals surface area contributed by atoms with Gasteiger partial charge in [-0.2, -0.15) is 0 Å². The number of rotatable bonds is 5. The minimum atomic E-state index is -1.05. The maximum absolute atomic E-state index is 10.9. The van der Waals surface area contributed by atoms with Crippen molar-refractivity contribution in [3.8, 4) is 0 Å². The lowest BCUT2D eigenvalue weighted by molar-refractivity contribution is 0.0690. The average molecular weight is 258 g/mol. The molecule has 1 aromatic carbocycles. The van der Waals surface area contributed by atoms with Gasteiger partial charge in [-0.3, -0.25) is 0 Å². The number of ether oxygens (including phenoxy) is 1. The molecule has 0 spiro atoms. The summed E-state index contributed by atoms with van der Waals surface area (Å²) in [4.78, 5) is 14.6. The van der Waals surface area contributed by atoms with Crippen LogP contribution in [0.4, 0.5) is 11.4 Å². The van der Waals surface area contributed by atoms with Gasteiger partial charge in [0, 0.05) is 30.2 Å². The van der Waals surface area contributed by atoms with Gasteiger partial charge in [-0.15, -0.1) is 0 Å². The molecule has 0 aliphatic carbocycles. The Morgan fingerprint density at radius 1 is 1.37 bits per heavy atom. The minimum absolute atomic E-state index is 0.00854. The van der Waals surface area contributed by atoms with Gasteiger partial charge in [-0.25, -0.2) is 9.78 Å². The zero-order valence-corrected chi connectivity index (χ0v) is 10.5. The van der Waals surface area contributed by atoms with Gasteiger partial charge in [-0.1, -0.05) is 18.2 Å². The number of methoxy groups -OCH3 is 1. The summed E-state index contributed by atoms with van der Waals surface area (Å²) in [5.41, 5.74) is 2.57. The van der Waals surface area contributed by atoms with E-state index in [-0.39, 0.29) is 5.69 Å². The summed E-state index contributed by atoms with van der Waals surface area (Å²) in [6.07, 6.45) is 1.46. The molecule has 0 saturated carbocycles. The number of aromatic nitrogens is 1. The third-order valence-corrected chi connectivity index (χ3v) is 2.58. The van der Waals surface area contributed by atoms with Crippen LogP contribution in [0, 0.1) is 0 Å². The van der Waals surface area contributed by atoms with Crippen molar-refractivity contribution >= 4 is 17.3 Å². The maximum Gasteiger partial charge on any atom is 0.354 e. The first-order valence-corrected chi connectivity index (χ1v) is 5.74. The number of hydrogen-bond acceptors (Lipinski definition) is 4. The third-order valence-electron chi connectivity index (χ3n) is 2.58. The number of anilines is 2. The van der Waals surface area contributed by atoms with Gasteiger partial charge in [-0.05, 0) is 18.2 Å². The first-order valence-electron chi connectivity index (χ1n) is 5.74. The van der Waals surface area contributed by atoms with Gasteiger partial charge in [0.1, 0.15) is 5.69 Å². The second kappa shape index (κ2) is 5.97. The highest BCUT2D eigenvalue weighted by atomic mass is 16.5. The number of pyridine rings is 1. The summed E-state index contributed by atoms with van der Waals surface area (Å²) < 4.78 is 5.12. The van der Waals surface area contributed by atoms with Crippen LogP contribution >= 0.6 is 0 Å². The summed E-state index contributed by atoms with van der Waals surface area (Å²) in [5.74, 6) is -1.05. The van der Waals surface area contributed by atoms with Gasteiger partial charge in [0.2, 0.25) is 0 Å². The van der Waals surface area contributed by atoms with Gasteiger partial charge in [0.15, 0.2) is 0 Å². The molecule has 0 fully saturated rings. The topological polar surface area (TPSA) is 71.5 Å². The first-order chi connectivity index (χ1) is 9.20. The van der Waals surface area contributed by atoms with Gasteiger partial charge in [0.05, 0.1) is 6.61 Å². The number of carbonyl (C=O) groups is 1. The highest BCUT2D eigenvalue weighted by molar-refractivity contribution is 5.86. The number of benzene rings is 1. The molecule has 98 valence electrons. The Kier molecular flexibility index (Phi) is 4.10. The Morgan fingerprint density at radius 2 is 2.16 bits per heavy atom. The lowest BCUT2D eigenvalue weighted by Gasteiger charge is -2.11. The van der Waals surface area contributed by atoms with Crippen LogP contribution in [0.1, 0.15) is 16.1 Å². The fourth-order valence-corrected chi connectivity index (χ4v) is 1.70. The van der Waals surface area contributed by atoms with Crippen molar-refractivity contribution in [2.75, 3.05) is 12.4 Å². The number of nitrogens with zero attached hydrogens (tertiary/aromatic N) is 1. The fourth-order valence-electron chi connectivity index (χ4n) is 1.70. The molecule has 19 heavy (non-hydrogen) atoms. The van der Waals surface area contributed by atoms with E-state index < -0.39 is 5.97 Å². The van der Waals surface area contributed by atoms with E-state index in [0.29, 0.717) is 12.3 Å². The summed E-state index contributed by atoms with van der Waals surface area (Å²) in [6.45, 7) is 0.486. The Hall–Kier alpha value is -2.40. The Morgan fingerprint density at radius 3 is 2.89 bits per heavy atom. The number of nitrogens with one attached hydrogen (secondary N) is 1. The molecule has 0 bridgehead atoms. The van der Waals surface area contributed by atoms with Crippen molar-refractivity contribution in [1.29, 1.82) is 0 Å². The van der Waals surface area contributed by atoms with E-state index in [1.54, 1.807) is 13.2 Å². The van der Waals surface area contributed by atoms with Gasteiger partial charge < -0.3 is 15.2 Å². The lowest BCUT2D eigenvalue weighted by atomic mass is 10.2. The van der Waals surface area contributed by atoms with Gasteiger partial charge >= 0.3 is 5.97 Å². The summed E-state index contributed by atoms with van der Waals surface area (Å²) in [5, 5.41) is 12.1. The predicted molar refractivity (Wildman–Crippen MR) is 71.6 cm³/mol. The van der Waals surface area contributed by atoms with Crippen LogP contribution in [0.3, 0.4) is 0 Å². The van der Waals surface area contributed by atoms with Crippen LogP contribution in [-0.4, -0.2) is 23.2 Å². The first kappa shape index (κ1) is 13.0. The molecule has 0 atom stereocenters. The third kappa shape index (κ3) is 3.29. The molecule has 2 rings (SSSR count). The van der Waals surface area contributed by atoms with Crippen LogP contribution in [0.5, 0.6) is 0 Å². The number of carboxylic acids is 1. The van der Waals surface area contributed by atoms with Crippen LogP contribution in [0.25, 0.3) is 0 Å². The summed E-state index contributed by atoms with van der Waals surface area (Å²) in [6, 6.07) is 10.9. The number of carboxylic acid groups (broad SMARTS) is 1. The monoisotopic (exact) mass is 258 g/mol. The van der Waals surface area contributed by atoms with E-state index in [9.17, 15) is 4.79 Å². The van der Waals surface area contributed by atoms with Crippen molar-refractivity contribution < 1.29 is 14.6 Å². The molecule has 0 unspecified atom stereocenters. The van der Waals surface area contributed by atoms with E-state index >= 15 is 0 Å². The number of aromatic carboxylic acids is 1. The predicted octanol–water partition coefficient (Wildman–Crippen LogP) is 2.67. The Labute approximate surface area is 110 Å². The highest BCUT2D eigenvalue weighted by Gasteiger charge is 2.06. The van der Waals surface area contributed by atoms with Crippen molar-refractivity contribution in [2.45, 2.75) is 6.61 Å². The van der Waals surface area contributed by atoms with E-state index in [2.05, 4.69) is 10.3 Å². The van der Waals surface area contributed by atoms with Crippen molar-refractivity contribution in [3.05, 3.63) is 53.9 Å². The number of hydrogen-bond donors (Lipinski definition) is 2. The van der Waals surface area contributed by atoms with Crippen LogP contribution < -0.4 is 5.32 Å². The molecular weight excluding hydrogens is 244 g/mol. The maximum atomic E-state index is 10.9. The van der Waals surface area contributed by atoms with E-state index in [0.717, 1.165) is 11.3 Å².